The van der Waals surface area contributed by atoms with Gasteiger partial charge in [-0.2, -0.15) is 18.2 Å². The number of ether oxygens (including phenoxy) is 1. The van der Waals surface area contributed by atoms with E-state index in [4.69, 9.17) is 24.8 Å². The van der Waals surface area contributed by atoms with Crippen LogP contribution in [0.1, 0.15) is 76.1 Å². The zero-order valence-electron chi connectivity index (χ0n) is 54.9. The fourth-order valence-corrected chi connectivity index (χ4v) is 9.62. The molecule has 12 aromatic rings. The topological polar surface area (TPSA) is 35.9 Å². The van der Waals surface area contributed by atoms with E-state index in [0.29, 0.717) is 44.8 Å². The summed E-state index contributed by atoms with van der Waals surface area (Å²) < 4.78 is 125. The normalized spacial score (nSPS) is 14.5. The van der Waals surface area contributed by atoms with Gasteiger partial charge in [-0.25, -0.2) is 4.98 Å². The molecule has 0 amide bonds. The molecule has 0 fully saturated rings. The number of hydrogen-bond acceptors (Lipinski definition) is 2. The fraction of sp³-hybridized carbons (Fsp3) is 0.130. The van der Waals surface area contributed by atoms with Crippen molar-refractivity contribution in [1.82, 2.24) is 14.1 Å². The van der Waals surface area contributed by atoms with Crippen molar-refractivity contribution in [2.45, 2.75) is 59.2 Å². The summed E-state index contributed by atoms with van der Waals surface area (Å²) in [4.78, 5) is 4.72. The number of imidazole rings is 1. The molecule has 3 heterocycles. The van der Waals surface area contributed by atoms with Crippen molar-refractivity contribution >= 4 is 32.8 Å². The minimum Gasteiger partial charge on any atom is -0.510 e. The second-order valence-corrected chi connectivity index (χ2v) is 20.4. The number of pyridine rings is 1. The summed E-state index contributed by atoms with van der Waals surface area (Å²) in [6, 6.07) is 48.3. The Labute approximate surface area is 472 Å². The van der Waals surface area contributed by atoms with Crippen LogP contribution < -0.4 is 9.30 Å². The molecule has 0 bridgehead atoms. The van der Waals surface area contributed by atoms with E-state index in [1.54, 1.807) is 22.8 Å². The summed E-state index contributed by atoms with van der Waals surface area (Å²) >= 11 is 0. The molecule has 3 aromatic heterocycles. The molecule has 5 nitrogen and oxygen atoms in total. The van der Waals surface area contributed by atoms with E-state index < -0.39 is 55.2 Å². The molecule has 370 valence electrons. The summed E-state index contributed by atoms with van der Waals surface area (Å²) in [5.41, 5.74) is 8.78. The minimum atomic E-state index is -2.80. The molecule has 0 aliphatic rings. The third-order valence-corrected chi connectivity index (χ3v) is 13.5. The molecule has 0 spiro atoms. The Morgan fingerprint density at radius 3 is 1.95 bits per heavy atom. The predicted molar refractivity (Wildman–Crippen MR) is 304 cm³/mol. The molecule has 0 N–H and O–H groups in total. The van der Waals surface area contributed by atoms with Gasteiger partial charge in [-0.1, -0.05) is 205 Å². The maximum Gasteiger partial charge on any atom is 0.268 e. The first kappa shape index (κ1) is 35.9. The number of benzene rings is 9. The molecule has 75 heavy (non-hydrogen) atoms. The average molecular weight is 1170 g/mol. The van der Waals surface area contributed by atoms with Crippen LogP contribution in [0.2, 0.25) is 0 Å². The van der Waals surface area contributed by atoms with Gasteiger partial charge in [0.25, 0.3) is 6.33 Å². The number of fused-ring (bicyclic) bond motifs is 4. The van der Waals surface area contributed by atoms with Gasteiger partial charge in [-0.15, -0.1) is 29.7 Å². The molecule has 0 radical (unpaired) electrons. The van der Waals surface area contributed by atoms with E-state index in [0.717, 1.165) is 38.6 Å². The molecule has 0 atom stereocenters. The van der Waals surface area contributed by atoms with Crippen LogP contribution in [0.4, 0.5) is 0 Å². The zero-order chi connectivity index (χ0) is 61.9. The summed E-state index contributed by atoms with van der Waals surface area (Å²) in [5, 5.41) is 1.56. The average Bonchev–Trinajstić information content (AvgIpc) is 1.54. The fourth-order valence-electron chi connectivity index (χ4n) is 9.62. The first-order chi connectivity index (χ1) is 41.2. The number of aryl methyl sites for hydroxylation is 1. The van der Waals surface area contributed by atoms with Gasteiger partial charge in [0.15, 0.2) is 0 Å². The molecule has 6 heteroatoms. The summed E-state index contributed by atoms with van der Waals surface area (Å²) in [5.74, 6) is 0.752. The number of nitrogens with zero attached hydrogens (tertiary/aromatic N) is 4. The van der Waals surface area contributed by atoms with Crippen LogP contribution in [0.5, 0.6) is 11.5 Å². The van der Waals surface area contributed by atoms with Crippen LogP contribution >= 0.6 is 0 Å². The Balaban J connectivity index is 0.00000800. The van der Waals surface area contributed by atoms with Gasteiger partial charge in [0.2, 0.25) is 0 Å². The van der Waals surface area contributed by atoms with Crippen LogP contribution in [0.15, 0.2) is 212 Å². The molecule has 0 aliphatic heterocycles. The predicted octanol–water partition coefficient (Wildman–Crippen LogP) is 17.2. The molecule has 0 saturated carbocycles. The van der Waals surface area contributed by atoms with E-state index >= 15 is 0 Å². The monoisotopic (exact) mass is 1160 g/mol. The molecule has 9 aromatic carbocycles. The molecular formula is C69H56N4OPt-2. The molecule has 0 saturated heterocycles. The van der Waals surface area contributed by atoms with Gasteiger partial charge in [0.1, 0.15) is 5.82 Å². The first-order valence-electron chi connectivity index (χ1n) is 30.9. The van der Waals surface area contributed by atoms with E-state index in [2.05, 4.69) is 102 Å². The Morgan fingerprint density at radius 1 is 0.547 bits per heavy atom. The first-order valence-corrected chi connectivity index (χ1v) is 24.4. The van der Waals surface area contributed by atoms with Crippen LogP contribution in [0.3, 0.4) is 0 Å². The van der Waals surface area contributed by atoms with Crippen molar-refractivity contribution in [1.29, 1.82) is 0 Å². The quantitative estimate of drug-likeness (QED) is 0.107. The van der Waals surface area contributed by atoms with Crippen molar-refractivity contribution in [3.05, 3.63) is 247 Å². The minimum absolute atomic E-state index is 0. The second-order valence-electron chi connectivity index (χ2n) is 20.4. The number of para-hydroxylation sites is 2. The van der Waals surface area contributed by atoms with Gasteiger partial charge in [-0.3, -0.25) is 4.57 Å². The standard InChI is InChI=1S/C69H56N4O.Pt/c1-46-39-66(70-44-61(46)49-21-12-9-13-22-49)73-62-30-15-14-27-59(62)60-37-36-56(43-64(60)73)74-55-26-17-25-54(42-55)71-45-72(63-38-33-50(41-65(63)71)47-31-34-52(35-32-47)68(2,3)4)67-57(48-19-10-8-11-20-48)28-18-29-58(67)51-23-16-24-53(40-51)69(5,6)7;/h8-41,44H,1-7H3;/q-2;/i1D3,8D,9D,10D,11D,12D,13D,19D,20D,21D,22D;. The molecule has 12 rings (SSSR count). The van der Waals surface area contributed by atoms with Crippen molar-refractivity contribution in [3.8, 4) is 73.2 Å². The third kappa shape index (κ3) is 9.32. The van der Waals surface area contributed by atoms with Gasteiger partial charge in [0, 0.05) is 54.0 Å². The second kappa shape index (κ2) is 19.6. The van der Waals surface area contributed by atoms with E-state index in [1.807, 2.05) is 88.0 Å². The van der Waals surface area contributed by atoms with Crippen LogP contribution in [0.25, 0.3) is 94.5 Å². The Bertz CT molecular complexity index is 4750. The maximum absolute atomic E-state index is 9.27. The van der Waals surface area contributed by atoms with Crippen LogP contribution in [-0.2, 0) is 31.9 Å². The Hall–Kier alpha value is -8.11. The summed E-state index contributed by atoms with van der Waals surface area (Å²) in [6.07, 6.45) is 4.90. The molecule has 0 aliphatic carbocycles. The van der Waals surface area contributed by atoms with Crippen molar-refractivity contribution in [2.75, 3.05) is 0 Å². The van der Waals surface area contributed by atoms with E-state index in [9.17, 15) is 2.74 Å². The van der Waals surface area contributed by atoms with Gasteiger partial charge < -0.3 is 13.9 Å². The maximum atomic E-state index is 9.27. The smallest absolute Gasteiger partial charge is 0.268 e. The Morgan fingerprint density at radius 2 is 1.21 bits per heavy atom. The van der Waals surface area contributed by atoms with Crippen molar-refractivity contribution in [3.63, 3.8) is 0 Å². The third-order valence-electron chi connectivity index (χ3n) is 13.5. The van der Waals surface area contributed by atoms with Gasteiger partial charge >= 0.3 is 0 Å². The number of rotatable bonds is 9. The van der Waals surface area contributed by atoms with E-state index in [-0.39, 0.29) is 77.8 Å². The SMILES string of the molecule is [2H]c1c([2H])c([2H])c(-c2cnc(-n3c4[c-]c(Oc5[c-]c(-n6[c-][n+](-c7c(-c8cccc(C(C)(C)C)c8)cccc7-c7c([2H])c([2H])c([2H])c([2H])c7[2H])c7ccc(-c8ccc(C(C)(C)C)cc8)cc76)ccc5)ccc4c4ccccc43)cc2C([2H])([2H])[2H])c([2H])c1[2H].[Pt]. The summed E-state index contributed by atoms with van der Waals surface area (Å²) in [7, 11) is 0. The zero-order valence-corrected chi connectivity index (χ0v) is 44.2. The van der Waals surface area contributed by atoms with Crippen LogP contribution in [0, 0.1) is 25.3 Å². The molecule has 0 unspecified atom stereocenters. The van der Waals surface area contributed by atoms with Crippen LogP contribution in [-0.4, -0.2) is 14.1 Å². The largest absolute Gasteiger partial charge is 0.510 e. The Kier molecular flexibility index (Phi) is 9.41. The van der Waals surface area contributed by atoms with Crippen molar-refractivity contribution < 1.29 is 48.2 Å². The van der Waals surface area contributed by atoms with Gasteiger partial charge in [-0.05, 0) is 103 Å². The summed E-state index contributed by atoms with van der Waals surface area (Å²) in [6.45, 7) is 10.1. The number of hydrogen-bond donors (Lipinski definition) is 0. The number of aromatic nitrogens is 4. The van der Waals surface area contributed by atoms with Crippen molar-refractivity contribution in [2.24, 2.45) is 0 Å². The molecular weight excluding hydrogens is 1100 g/mol. The van der Waals surface area contributed by atoms with Gasteiger partial charge in [0.05, 0.1) is 30.4 Å². The van der Waals surface area contributed by atoms with E-state index in [1.165, 1.54) is 17.8 Å².